The fraction of sp³-hybridized carbons (Fsp3) is 0.379. The summed E-state index contributed by atoms with van der Waals surface area (Å²) in [6.07, 6.45) is 5.96. The lowest BCUT2D eigenvalue weighted by Crippen LogP contribution is -2.40. The van der Waals surface area contributed by atoms with Crippen molar-refractivity contribution >= 4 is 36.0 Å². The van der Waals surface area contributed by atoms with Gasteiger partial charge in [-0.25, -0.2) is 15.0 Å². The highest BCUT2D eigenvalue weighted by atomic mass is 31.1. The molecule has 0 bridgehead atoms. The van der Waals surface area contributed by atoms with Crippen LogP contribution in [0.15, 0.2) is 55.3 Å². The maximum Gasteiger partial charge on any atom is 0.416 e. The average Bonchev–Trinajstić information content (AvgIpc) is 2.89. The summed E-state index contributed by atoms with van der Waals surface area (Å²) in [6, 6.07) is 6.38. The molecule has 1 fully saturated rings. The van der Waals surface area contributed by atoms with Crippen molar-refractivity contribution < 1.29 is 22.9 Å². The number of anilines is 1. The van der Waals surface area contributed by atoms with Gasteiger partial charge in [0.15, 0.2) is 6.20 Å². The highest BCUT2D eigenvalue weighted by molar-refractivity contribution is 7.65. The Labute approximate surface area is 230 Å². The number of aromatic amines is 1. The number of hydrogen-bond acceptors (Lipinski definition) is 4. The summed E-state index contributed by atoms with van der Waals surface area (Å²) in [5, 5.41) is 0.908. The molecule has 0 atom stereocenters. The molecule has 0 radical (unpaired) electrons. The molecule has 1 saturated heterocycles. The lowest BCUT2D eigenvalue weighted by atomic mass is 10.0. The van der Waals surface area contributed by atoms with Crippen LogP contribution in [0.4, 0.5) is 19.0 Å². The number of amides is 1. The minimum Gasteiger partial charge on any atom is -0.383 e. The minimum atomic E-state index is -4.23. The van der Waals surface area contributed by atoms with Crippen LogP contribution in [0.25, 0.3) is 10.9 Å². The third-order valence-electron chi connectivity index (χ3n) is 6.28. The van der Waals surface area contributed by atoms with Crippen molar-refractivity contribution in [2.75, 3.05) is 31.1 Å². The Kier molecular flexibility index (Phi) is 12.0. The highest BCUT2D eigenvalue weighted by Crippen LogP contribution is 2.36. The van der Waals surface area contributed by atoms with Crippen LogP contribution in [-0.4, -0.2) is 46.2 Å². The number of halogens is 3. The van der Waals surface area contributed by atoms with E-state index in [1.807, 2.05) is 44.0 Å². The maximum absolute atomic E-state index is 12.4. The summed E-state index contributed by atoms with van der Waals surface area (Å²) in [6.45, 7) is 13.9. The van der Waals surface area contributed by atoms with Gasteiger partial charge in [0, 0.05) is 26.1 Å². The number of allylic oxidation sites excluding steroid dienone is 3. The Morgan fingerprint density at radius 1 is 1.23 bits per heavy atom. The van der Waals surface area contributed by atoms with Gasteiger partial charge in [-0.15, -0.1) is 0 Å². The molecule has 10 heteroatoms. The molecule has 1 aliphatic heterocycles. The average molecular weight is 561 g/mol. The summed E-state index contributed by atoms with van der Waals surface area (Å²) >= 11 is 0. The number of pyridine rings is 1. The molecule has 3 heterocycles. The number of H-pyrrole nitrogens is 1. The molecule has 3 N–H and O–H groups in total. The predicted molar refractivity (Wildman–Crippen MR) is 154 cm³/mol. The van der Waals surface area contributed by atoms with E-state index in [0.717, 1.165) is 47.9 Å². The molecule has 4 rings (SSSR count). The molecule has 3 aromatic rings. The van der Waals surface area contributed by atoms with Crippen LogP contribution < -0.4 is 16.2 Å². The van der Waals surface area contributed by atoms with Gasteiger partial charge < -0.3 is 10.6 Å². The summed E-state index contributed by atoms with van der Waals surface area (Å²) in [5.74, 6) is 1.38. The molecule has 0 saturated carbocycles. The number of aromatic nitrogens is 3. The normalized spacial score (nSPS) is 13.9. The number of carbonyl (C=O) groups is 1. The van der Waals surface area contributed by atoms with E-state index in [1.165, 1.54) is 18.4 Å². The van der Waals surface area contributed by atoms with Gasteiger partial charge in [0.1, 0.15) is 17.2 Å². The van der Waals surface area contributed by atoms with Gasteiger partial charge in [0.2, 0.25) is 11.3 Å². The molecular formula is C29H38F3N5OP+. The van der Waals surface area contributed by atoms with Gasteiger partial charge in [-0.05, 0) is 64.6 Å². The quantitative estimate of drug-likeness (QED) is 0.332. The third kappa shape index (κ3) is 9.13. The van der Waals surface area contributed by atoms with Crippen molar-refractivity contribution in [3.05, 3.63) is 77.8 Å². The van der Waals surface area contributed by atoms with Gasteiger partial charge >= 0.3 is 6.18 Å². The molecular weight excluding hydrogens is 522 g/mol. The van der Waals surface area contributed by atoms with Crippen LogP contribution in [0, 0.1) is 13.8 Å². The first-order valence-electron chi connectivity index (χ1n) is 12.8. The standard InChI is InChI=1S/C14H18N5OP.C10H11F3.C5H8/c1-9-17-12-8-16-13(7-11(12)14(15)18-9)21-5-3-19(4-6-21)10(2)20;1-3-8-5-4-6-9(7(8)2)10(11,12)13;1-3-5-4-2/h7-8H,3-6H2,1-2H3,(H2,15,17,18);4-6H,3H2,1-2H3;3-5H,1H2,2H3/p+1/b;;5-4-. The van der Waals surface area contributed by atoms with Crippen LogP contribution >= 0.6 is 7.92 Å². The molecule has 6 nitrogen and oxygen atoms in total. The fourth-order valence-electron chi connectivity index (χ4n) is 4.16. The van der Waals surface area contributed by atoms with E-state index in [0.29, 0.717) is 23.6 Å². The highest BCUT2D eigenvalue weighted by Gasteiger charge is 2.32. The first-order valence-corrected chi connectivity index (χ1v) is 14.5. The van der Waals surface area contributed by atoms with Crippen LogP contribution in [0.1, 0.15) is 43.3 Å². The first kappa shape index (κ1) is 31.9. The van der Waals surface area contributed by atoms with Crippen LogP contribution in [-0.2, 0) is 17.4 Å². The molecule has 39 heavy (non-hydrogen) atoms. The largest absolute Gasteiger partial charge is 0.416 e. The Morgan fingerprint density at radius 2 is 1.90 bits per heavy atom. The summed E-state index contributed by atoms with van der Waals surface area (Å²) in [5.41, 5.74) is 8.65. The Morgan fingerprint density at radius 3 is 2.41 bits per heavy atom. The predicted octanol–water partition coefficient (Wildman–Crippen LogP) is 5.63. The second-order valence-electron chi connectivity index (χ2n) is 8.97. The number of alkyl halides is 3. The van der Waals surface area contributed by atoms with Crippen LogP contribution in [0.5, 0.6) is 0 Å². The summed E-state index contributed by atoms with van der Waals surface area (Å²) < 4.78 is 37.1. The van der Waals surface area contributed by atoms with E-state index >= 15 is 0 Å². The number of hydrogen-bond donors (Lipinski definition) is 1. The van der Waals surface area contributed by atoms with Crippen molar-refractivity contribution in [2.45, 2.75) is 47.2 Å². The Balaban J connectivity index is 0.000000253. The lowest BCUT2D eigenvalue weighted by Gasteiger charge is -2.29. The molecule has 210 valence electrons. The van der Waals surface area contributed by atoms with Gasteiger partial charge in [-0.1, -0.05) is 43.9 Å². The third-order valence-corrected chi connectivity index (χ3v) is 8.70. The number of nitrogens with zero attached hydrogens (tertiary/aromatic N) is 3. The van der Waals surface area contributed by atoms with Crippen LogP contribution in [0.2, 0.25) is 0 Å². The van der Waals surface area contributed by atoms with E-state index in [9.17, 15) is 18.0 Å². The molecule has 1 aliphatic rings. The molecule has 0 unspecified atom stereocenters. The zero-order valence-electron chi connectivity index (χ0n) is 23.3. The van der Waals surface area contributed by atoms with E-state index in [1.54, 1.807) is 19.1 Å². The second kappa shape index (κ2) is 14.7. The van der Waals surface area contributed by atoms with E-state index in [2.05, 4.69) is 27.6 Å². The van der Waals surface area contributed by atoms with Crippen molar-refractivity contribution in [1.82, 2.24) is 14.9 Å². The van der Waals surface area contributed by atoms with Crippen LogP contribution in [0.3, 0.4) is 0 Å². The molecule has 0 aliphatic carbocycles. The number of benzene rings is 1. The lowest BCUT2D eigenvalue weighted by molar-refractivity contribution is -0.353. The molecule has 0 spiro atoms. The molecule has 1 amide bonds. The second-order valence-corrected chi connectivity index (χ2v) is 11.4. The van der Waals surface area contributed by atoms with E-state index < -0.39 is 11.7 Å². The number of rotatable bonds is 3. The van der Waals surface area contributed by atoms with Crippen molar-refractivity contribution in [3.63, 3.8) is 0 Å². The summed E-state index contributed by atoms with van der Waals surface area (Å²) in [7, 11) is -0.272. The Bertz CT molecular complexity index is 1300. The smallest absolute Gasteiger partial charge is 0.383 e. The summed E-state index contributed by atoms with van der Waals surface area (Å²) in [4.78, 5) is 25.3. The molecule has 1 aromatic carbocycles. The monoisotopic (exact) mass is 560 g/mol. The number of carbonyl (C=O) groups excluding carboxylic acids is 1. The van der Waals surface area contributed by atoms with Gasteiger partial charge in [-0.3, -0.25) is 4.79 Å². The SMILES string of the molecule is C=C/C=C\C.CC(=O)N1CCP(c2cc3c(N)nc(C)nc3c[nH+]2)CC1.CCc1cccc(C(F)(F)F)c1C. The number of nitrogen functional groups attached to an aromatic ring is 1. The minimum absolute atomic E-state index is 0.167. The van der Waals surface area contributed by atoms with Gasteiger partial charge in [0.25, 0.3) is 0 Å². The van der Waals surface area contributed by atoms with Crippen molar-refractivity contribution in [2.24, 2.45) is 0 Å². The number of fused-ring (bicyclic) bond motifs is 1. The van der Waals surface area contributed by atoms with Crippen molar-refractivity contribution in [3.8, 4) is 0 Å². The number of nitrogens with one attached hydrogen (secondary N) is 1. The fourth-order valence-corrected chi connectivity index (χ4v) is 6.39. The first-order chi connectivity index (χ1) is 18.4. The van der Waals surface area contributed by atoms with Gasteiger partial charge in [-0.2, -0.15) is 13.2 Å². The van der Waals surface area contributed by atoms with E-state index in [4.69, 9.17) is 5.73 Å². The zero-order valence-corrected chi connectivity index (χ0v) is 24.2. The topological polar surface area (TPSA) is 86.2 Å². The maximum atomic E-state index is 12.4. The molecule has 2 aromatic heterocycles. The zero-order chi connectivity index (χ0) is 29.2. The Hall–Kier alpha value is -3.32. The van der Waals surface area contributed by atoms with Crippen molar-refractivity contribution in [1.29, 1.82) is 0 Å². The van der Waals surface area contributed by atoms with E-state index in [-0.39, 0.29) is 13.8 Å². The number of aryl methyl sites for hydroxylation is 2. The number of nitrogens with two attached hydrogens (primary N) is 1. The van der Waals surface area contributed by atoms with Gasteiger partial charge in [0.05, 0.1) is 10.9 Å².